The maximum absolute atomic E-state index is 12.7. The zero-order valence-electron chi connectivity index (χ0n) is 33.1. The van der Waals surface area contributed by atoms with Crippen LogP contribution in [0.5, 0.6) is 0 Å². The van der Waals surface area contributed by atoms with Gasteiger partial charge >= 0.3 is 29.8 Å². The van der Waals surface area contributed by atoms with Crippen LogP contribution in [0.1, 0.15) is 121 Å². The third-order valence-electron chi connectivity index (χ3n) is 10.1. The number of hydrogen-bond acceptors (Lipinski definition) is 12. The van der Waals surface area contributed by atoms with Gasteiger partial charge in [-0.1, -0.05) is 75.8 Å². The summed E-state index contributed by atoms with van der Waals surface area (Å²) in [5.41, 5.74) is 3.07. The fourth-order valence-electron chi connectivity index (χ4n) is 7.06. The van der Waals surface area contributed by atoms with Crippen molar-refractivity contribution >= 4 is 47.3 Å². The first-order valence-corrected chi connectivity index (χ1v) is 19.7. The van der Waals surface area contributed by atoms with Crippen molar-refractivity contribution in [3.8, 4) is 0 Å². The summed E-state index contributed by atoms with van der Waals surface area (Å²) in [6, 6.07) is 13.4. The van der Waals surface area contributed by atoms with Crippen LogP contribution < -0.4 is 10.6 Å². The number of carbonyl (C=O) groups excluding carboxylic acids is 5. The van der Waals surface area contributed by atoms with E-state index in [1.54, 1.807) is 24.3 Å². The molecule has 0 aromatic heterocycles. The number of unbranched alkanes of at least 4 members (excludes halogenated alkanes) is 4. The predicted molar refractivity (Wildman–Crippen MR) is 211 cm³/mol. The van der Waals surface area contributed by atoms with Crippen molar-refractivity contribution in [2.24, 2.45) is 5.92 Å². The first-order chi connectivity index (χ1) is 26.7. The number of anilines is 2. The number of hydrogen-bond donors (Lipinski definition) is 2. The second-order valence-corrected chi connectivity index (χ2v) is 15.5. The molecule has 2 aromatic rings. The molecule has 56 heavy (non-hydrogen) atoms. The fourth-order valence-corrected chi connectivity index (χ4v) is 7.06. The fraction of sp³-hybridized carbons (Fsp3) is 0.477. The molecule has 300 valence electrons. The van der Waals surface area contributed by atoms with Crippen LogP contribution in [0.3, 0.4) is 0 Å². The molecule has 1 saturated carbocycles. The first kappa shape index (κ1) is 41.8. The molecule has 0 amide bonds. The Bertz CT molecular complexity index is 1800. The second-order valence-electron chi connectivity index (χ2n) is 15.5. The molecular weight excluding hydrogens is 716 g/mol. The van der Waals surface area contributed by atoms with Gasteiger partial charge in [0.1, 0.15) is 0 Å². The maximum atomic E-state index is 12.7. The molecule has 0 atom stereocenters. The minimum absolute atomic E-state index is 0.0251. The van der Waals surface area contributed by atoms with E-state index < -0.39 is 41.4 Å². The van der Waals surface area contributed by atoms with Gasteiger partial charge in [-0.2, -0.15) is 0 Å². The number of benzene rings is 2. The normalized spacial score (nSPS) is 20.4. The Kier molecular flexibility index (Phi) is 14.1. The second kappa shape index (κ2) is 19.0. The molecule has 0 spiro atoms. The Labute approximate surface area is 329 Å². The third-order valence-corrected chi connectivity index (χ3v) is 10.1. The van der Waals surface area contributed by atoms with Crippen molar-refractivity contribution in [3.05, 3.63) is 88.8 Å². The van der Waals surface area contributed by atoms with Crippen molar-refractivity contribution in [2.75, 3.05) is 17.2 Å². The first-order valence-electron chi connectivity index (χ1n) is 19.7. The van der Waals surface area contributed by atoms with E-state index in [-0.39, 0.29) is 24.2 Å². The topological polar surface area (TPSA) is 156 Å². The van der Waals surface area contributed by atoms with Gasteiger partial charge in [-0.05, 0) is 72.4 Å². The van der Waals surface area contributed by atoms with Crippen molar-refractivity contribution in [2.45, 2.75) is 123 Å². The van der Waals surface area contributed by atoms with E-state index in [1.807, 2.05) is 12.1 Å². The van der Waals surface area contributed by atoms with Crippen molar-refractivity contribution < 1.29 is 47.7 Å². The summed E-state index contributed by atoms with van der Waals surface area (Å²) in [5.74, 6) is -5.26. The quantitative estimate of drug-likeness (QED) is 0.0554. The molecule has 2 N–H and O–H groups in total. The Morgan fingerprint density at radius 2 is 1.32 bits per heavy atom. The van der Waals surface area contributed by atoms with Crippen LogP contribution in [0.4, 0.5) is 11.4 Å². The highest BCUT2D eigenvalue weighted by molar-refractivity contribution is 6.16. The summed E-state index contributed by atoms with van der Waals surface area (Å²) >= 11 is 0. The van der Waals surface area contributed by atoms with Crippen LogP contribution in [-0.4, -0.2) is 48.0 Å². The Morgan fingerprint density at radius 1 is 0.750 bits per heavy atom. The highest BCUT2D eigenvalue weighted by atomic mass is 16.7. The Hall–Kier alpha value is -5.39. The van der Waals surface area contributed by atoms with E-state index >= 15 is 0 Å². The molecule has 12 nitrogen and oxygen atoms in total. The van der Waals surface area contributed by atoms with E-state index in [0.29, 0.717) is 22.9 Å². The third kappa shape index (κ3) is 12.1. The summed E-state index contributed by atoms with van der Waals surface area (Å²) in [6.45, 7) is 8.07. The van der Waals surface area contributed by atoms with E-state index in [2.05, 4.69) is 29.7 Å². The van der Waals surface area contributed by atoms with Crippen LogP contribution in [0.25, 0.3) is 6.08 Å². The monoisotopic (exact) mass is 770 g/mol. The standard InChI is InChI=1S/C44H54N2O10/c1-6-7-8-9-10-11-29-12-17-31(18-13-29)32-19-14-30(15-20-32)16-23-38(47)52-25-24-33-21-22-34(45-27-35-39(48)53-43(2,3)54-40(35)49)26-37(33)46-28-36-41(50)55-44(4,5)56-42(36)51/h14-16,19-23,26-29,31,45-46H,6-13,17-18,24-25H2,1-5H3/b23-16+. The van der Waals surface area contributed by atoms with Crippen LogP contribution in [-0.2, 0) is 54.1 Å². The van der Waals surface area contributed by atoms with Crippen LogP contribution in [0, 0.1) is 5.92 Å². The van der Waals surface area contributed by atoms with Crippen molar-refractivity contribution in [1.29, 1.82) is 0 Å². The summed E-state index contributed by atoms with van der Waals surface area (Å²) in [5, 5.41) is 5.82. The van der Waals surface area contributed by atoms with Gasteiger partial charge in [0.15, 0.2) is 11.1 Å². The van der Waals surface area contributed by atoms with Gasteiger partial charge in [-0.25, -0.2) is 24.0 Å². The molecule has 2 saturated heterocycles. The highest BCUT2D eigenvalue weighted by Crippen LogP contribution is 2.38. The van der Waals surface area contributed by atoms with Crippen molar-refractivity contribution in [3.63, 3.8) is 0 Å². The number of ether oxygens (including phenoxy) is 5. The molecule has 0 radical (unpaired) electrons. The minimum Gasteiger partial charge on any atom is -0.462 e. The number of nitrogens with one attached hydrogen (secondary N) is 2. The predicted octanol–water partition coefficient (Wildman–Crippen LogP) is 8.38. The van der Waals surface area contributed by atoms with Gasteiger partial charge < -0.3 is 34.3 Å². The summed E-state index contributed by atoms with van der Waals surface area (Å²) in [7, 11) is 0. The summed E-state index contributed by atoms with van der Waals surface area (Å²) in [4.78, 5) is 62.5. The lowest BCUT2D eigenvalue weighted by atomic mass is 9.77. The van der Waals surface area contributed by atoms with Gasteiger partial charge in [0.25, 0.3) is 11.6 Å². The van der Waals surface area contributed by atoms with E-state index in [0.717, 1.165) is 11.5 Å². The molecule has 3 fully saturated rings. The molecule has 2 aliphatic heterocycles. The smallest absolute Gasteiger partial charge is 0.350 e. The molecule has 12 heteroatoms. The van der Waals surface area contributed by atoms with Crippen LogP contribution >= 0.6 is 0 Å². The average Bonchev–Trinajstić information content (AvgIpc) is 3.13. The number of rotatable bonds is 16. The molecule has 5 rings (SSSR count). The lowest BCUT2D eigenvalue weighted by Crippen LogP contribution is -2.42. The van der Waals surface area contributed by atoms with Gasteiger partial charge in [0.05, 0.1) is 6.61 Å². The molecule has 0 unspecified atom stereocenters. The van der Waals surface area contributed by atoms with Crippen LogP contribution in [0.2, 0.25) is 0 Å². The highest BCUT2D eigenvalue weighted by Gasteiger charge is 2.40. The largest absolute Gasteiger partial charge is 0.462 e. The molecular formula is C44H54N2O10. The average molecular weight is 771 g/mol. The Morgan fingerprint density at radius 3 is 1.91 bits per heavy atom. The van der Waals surface area contributed by atoms with E-state index in [4.69, 9.17) is 23.7 Å². The summed E-state index contributed by atoms with van der Waals surface area (Å²) < 4.78 is 26.1. The zero-order chi connectivity index (χ0) is 40.3. The Balaban J connectivity index is 1.17. The molecule has 2 heterocycles. The molecule has 3 aliphatic rings. The van der Waals surface area contributed by atoms with Gasteiger partial charge in [-0.3, -0.25) is 0 Å². The van der Waals surface area contributed by atoms with Gasteiger partial charge in [-0.15, -0.1) is 0 Å². The van der Waals surface area contributed by atoms with E-state index in [9.17, 15) is 24.0 Å². The number of esters is 5. The van der Waals surface area contributed by atoms with Gasteiger partial charge in [0.2, 0.25) is 0 Å². The van der Waals surface area contributed by atoms with Crippen LogP contribution in [0.15, 0.2) is 72.1 Å². The zero-order valence-corrected chi connectivity index (χ0v) is 33.1. The maximum Gasteiger partial charge on any atom is 0.350 e. The molecule has 2 aromatic carbocycles. The number of carbonyl (C=O) groups is 5. The van der Waals surface area contributed by atoms with Gasteiger partial charge in [0, 0.05) is 64.0 Å². The minimum atomic E-state index is -1.40. The SMILES string of the molecule is CCCCCCCC1CCC(c2ccc(/C=C/C(=O)OCCc3ccc(NC=C4C(=O)OC(C)(C)OC4=O)cc3NC=C3C(=O)OC(C)(C)OC3=O)cc2)CC1. The number of cyclic esters (lactones) is 4. The van der Waals surface area contributed by atoms with Crippen molar-refractivity contribution in [1.82, 2.24) is 0 Å². The molecule has 0 bridgehead atoms. The lowest BCUT2D eigenvalue weighted by Gasteiger charge is -2.29. The van der Waals surface area contributed by atoms with E-state index in [1.165, 1.54) is 116 Å². The molecule has 1 aliphatic carbocycles. The summed E-state index contributed by atoms with van der Waals surface area (Å²) in [6.07, 6.45) is 18.9. The lowest BCUT2D eigenvalue weighted by molar-refractivity contribution is -0.224.